The highest BCUT2D eigenvalue weighted by Gasteiger charge is 2.24. The number of rotatable bonds is 4. The average Bonchev–Trinajstić information content (AvgIpc) is 3.14. The molecule has 7 nitrogen and oxygen atoms in total. The molecular weight excluding hydrogens is 339 g/mol. The number of phenolic OH excluding ortho intramolecular Hbond substituents is 1. The molecule has 0 fully saturated rings. The number of aromatic hydroxyl groups is 1. The summed E-state index contributed by atoms with van der Waals surface area (Å²) < 4.78 is 19.1. The molecule has 3 aromatic rings. The van der Waals surface area contributed by atoms with Crippen molar-refractivity contribution in [2.24, 2.45) is 0 Å². The Morgan fingerprint density at radius 3 is 2.85 bits per heavy atom. The smallest absolute Gasteiger partial charge is 0.261 e. The number of amides is 1. The van der Waals surface area contributed by atoms with E-state index in [4.69, 9.17) is 11.3 Å². The summed E-state index contributed by atoms with van der Waals surface area (Å²) in [6.07, 6.45) is 2.96. The zero-order valence-electron chi connectivity index (χ0n) is 13.6. The van der Waals surface area contributed by atoms with Crippen molar-refractivity contribution in [3.8, 4) is 22.6 Å². The maximum Gasteiger partial charge on any atom is 0.261 e. The summed E-state index contributed by atoms with van der Waals surface area (Å²) >= 11 is 0. The van der Waals surface area contributed by atoms with Gasteiger partial charge in [-0.15, -0.1) is 0 Å². The number of anilines is 1. The van der Waals surface area contributed by atoms with E-state index in [1.165, 1.54) is 43.8 Å². The van der Waals surface area contributed by atoms with Crippen molar-refractivity contribution in [2.75, 3.05) is 12.4 Å². The maximum absolute atomic E-state index is 13.8. The number of imidazole rings is 1. The third kappa shape index (κ3) is 3.06. The number of carbonyl (C=O) groups excluding carboxylic acids is 1. The van der Waals surface area contributed by atoms with Gasteiger partial charge in [-0.1, -0.05) is 6.07 Å². The molecule has 0 saturated carbocycles. The first-order valence-electron chi connectivity index (χ1n) is 7.43. The highest BCUT2D eigenvalue weighted by molar-refractivity contribution is 6.12. The van der Waals surface area contributed by atoms with Gasteiger partial charge in [-0.25, -0.2) is 14.2 Å². The summed E-state index contributed by atoms with van der Waals surface area (Å²) in [7, 11) is 1.39. The van der Waals surface area contributed by atoms with Crippen LogP contribution in [-0.4, -0.2) is 28.1 Å². The van der Waals surface area contributed by atoms with Gasteiger partial charge < -0.3 is 14.8 Å². The predicted molar refractivity (Wildman–Crippen MR) is 92.9 cm³/mol. The molecule has 0 aliphatic rings. The molecule has 3 rings (SSSR count). The minimum atomic E-state index is -0.704. The summed E-state index contributed by atoms with van der Waals surface area (Å²) in [5.41, 5.74) is 0.134. The van der Waals surface area contributed by atoms with E-state index in [1.54, 1.807) is 0 Å². The van der Waals surface area contributed by atoms with E-state index in [2.05, 4.69) is 20.1 Å². The fraction of sp³-hybridized carbons (Fsp3) is 0.0556. The molecule has 1 heterocycles. The van der Waals surface area contributed by atoms with E-state index < -0.39 is 11.7 Å². The molecule has 1 aromatic heterocycles. The molecule has 3 N–H and O–H groups in total. The van der Waals surface area contributed by atoms with Crippen molar-refractivity contribution in [3.63, 3.8) is 0 Å². The van der Waals surface area contributed by atoms with Gasteiger partial charge in [-0.2, -0.15) is 0 Å². The van der Waals surface area contributed by atoms with Crippen LogP contribution in [0.3, 0.4) is 0 Å². The first-order chi connectivity index (χ1) is 12.5. The van der Waals surface area contributed by atoms with Crippen LogP contribution < -0.4 is 10.1 Å². The van der Waals surface area contributed by atoms with Crippen LogP contribution in [-0.2, 0) is 0 Å². The highest BCUT2D eigenvalue weighted by atomic mass is 19.1. The third-order valence-corrected chi connectivity index (χ3v) is 3.67. The molecule has 0 radical (unpaired) electrons. The van der Waals surface area contributed by atoms with Crippen molar-refractivity contribution < 1.29 is 19.0 Å². The van der Waals surface area contributed by atoms with Crippen molar-refractivity contribution in [2.45, 2.75) is 0 Å². The van der Waals surface area contributed by atoms with E-state index in [0.29, 0.717) is 0 Å². The van der Waals surface area contributed by atoms with Gasteiger partial charge in [0.05, 0.1) is 19.2 Å². The van der Waals surface area contributed by atoms with Gasteiger partial charge in [0.15, 0.2) is 5.69 Å². The molecule has 130 valence electrons. The standard InChI is InChI=1S/C18H13FN4O3/c1-20-12-4-5-13(24)16(17(25)23-18-21-7-8-22-18)15(12)11-9-10(19)3-6-14(11)26-2/h3-9,24H,2H3,(H2,21,22,23,25). The molecule has 2 aromatic carbocycles. The largest absolute Gasteiger partial charge is 0.507 e. The number of aromatic amines is 1. The Kier molecular flexibility index (Phi) is 4.53. The van der Waals surface area contributed by atoms with Crippen LogP contribution in [0.15, 0.2) is 42.7 Å². The van der Waals surface area contributed by atoms with Gasteiger partial charge in [0.1, 0.15) is 17.3 Å². The van der Waals surface area contributed by atoms with Crippen LogP contribution in [0.5, 0.6) is 11.5 Å². The van der Waals surface area contributed by atoms with Crippen LogP contribution in [0, 0.1) is 12.4 Å². The molecule has 0 spiro atoms. The normalized spacial score (nSPS) is 10.2. The number of ether oxygens (including phenoxy) is 1. The lowest BCUT2D eigenvalue weighted by molar-refractivity contribution is 0.102. The summed E-state index contributed by atoms with van der Waals surface area (Å²) in [6, 6.07) is 6.32. The first kappa shape index (κ1) is 17.0. The Bertz CT molecular complexity index is 1010. The van der Waals surface area contributed by atoms with Gasteiger partial charge in [-0.05, 0) is 24.3 Å². The van der Waals surface area contributed by atoms with Crippen LogP contribution in [0.1, 0.15) is 10.4 Å². The third-order valence-electron chi connectivity index (χ3n) is 3.67. The zero-order chi connectivity index (χ0) is 18.7. The Hall–Kier alpha value is -3.86. The summed E-state index contributed by atoms with van der Waals surface area (Å²) in [6.45, 7) is 7.38. The Labute approximate surface area is 147 Å². The zero-order valence-corrected chi connectivity index (χ0v) is 13.6. The molecule has 0 unspecified atom stereocenters. The van der Waals surface area contributed by atoms with Crippen molar-refractivity contribution in [1.82, 2.24) is 9.97 Å². The topological polar surface area (TPSA) is 91.6 Å². The van der Waals surface area contributed by atoms with Gasteiger partial charge >= 0.3 is 0 Å². The van der Waals surface area contributed by atoms with E-state index in [0.717, 1.165) is 6.07 Å². The van der Waals surface area contributed by atoms with Crippen molar-refractivity contribution in [1.29, 1.82) is 0 Å². The van der Waals surface area contributed by atoms with Gasteiger partial charge in [0.2, 0.25) is 5.95 Å². The SMILES string of the molecule is [C-]#[N+]c1ccc(O)c(C(=O)Nc2ncc[nH]2)c1-c1cc(F)ccc1OC. The molecule has 0 aliphatic heterocycles. The molecule has 1 amide bonds. The fourth-order valence-corrected chi connectivity index (χ4v) is 2.56. The second kappa shape index (κ2) is 6.94. The van der Waals surface area contributed by atoms with Crippen molar-refractivity contribution in [3.05, 3.63) is 65.5 Å². The number of hydrogen-bond acceptors (Lipinski definition) is 4. The number of nitrogens with zero attached hydrogens (tertiary/aromatic N) is 2. The van der Waals surface area contributed by atoms with Crippen LogP contribution in [0.4, 0.5) is 16.0 Å². The summed E-state index contributed by atoms with van der Waals surface area (Å²) in [5.74, 6) is -1.21. The van der Waals surface area contributed by atoms with Crippen LogP contribution >= 0.6 is 0 Å². The van der Waals surface area contributed by atoms with Crippen molar-refractivity contribution >= 4 is 17.5 Å². The second-order valence-corrected chi connectivity index (χ2v) is 5.20. The molecule has 26 heavy (non-hydrogen) atoms. The number of aromatic nitrogens is 2. The van der Waals surface area contributed by atoms with E-state index in [-0.39, 0.29) is 39.8 Å². The van der Waals surface area contributed by atoms with E-state index >= 15 is 0 Å². The first-order valence-corrected chi connectivity index (χ1v) is 7.43. The van der Waals surface area contributed by atoms with Gasteiger partial charge in [-0.3, -0.25) is 10.1 Å². The lowest BCUT2D eigenvalue weighted by Crippen LogP contribution is -2.14. The Morgan fingerprint density at radius 1 is 1.38 bits per heavy atom. The van der Waals surface area contributed by atoms with Gasteiger partial charge in [0, 0.05) is 23.5 Å². The Morgan fingerprint density at radius 2 is 2.19 bits per heavy atom. The summed E-state index contributed by atoms with van der Waals surface area (Å²) in [4.78, 5) is 22.7. The monoisotopic (exact) mass is 352 g/mol. The minimum absolute atomic E-state index is 0.0660. The highest BCUT2D eigenvalue weighted by Crippen LogP contribution is 2.42. The lowest BCUT2D eigenvalue weighted by atomic mass is 9.95. The van der Waals surface area contributed by atoms with E-state index in [1.807, 2.05) is 0 Å². The number of methoxy groups -OCH3 is 1. The quantitative estimate of drug-likeness (QED) is 0.624. The number of H-pyrrole nitrogens is 1. The molecular formula is C18H13FN4O3. The molecule has 8 heteroatoms. The predicted octanol–water partition coefficient (Wildman–Crippen LogP) is 3.73. The molecule has 0 atom stereocenters. The minimum Gasteiger partial charge on any atom is -0.507 e. The number of halogens is 1. The van der Waals surface area contributed by atoms with Crippen LogP contribution in [0.25, 0.3) is 16.0 Å². The lowest BCUT2D eigenvalue weighted by Gasteiger charge is -2.16. The molecule has 0 aliphatic carbocycles. The number of carbonyl (C=O) groups is 1. The number of nitrogens with one attached hydrogen (secondary N) is 2. The number of hydrogen-bond donors (Lipinski definition) is 3. The van der Waals surface area contributed by atoms with E-state index in [9.17, 15) is 14.3 Å². The second-order valence-electron chi connectivity index (χ2n) is 5.20. The number of phenols is 1. The summed E-state index contributed by atoms with van der Waals surface area (Å²) in [5, 5.41) is 12.8. The molecule has 0 bridgehead atoms. The molecule has 0 saturated heterocycles. The Balaban J connectivity index is 2.24. The number of benzene rings is 2. The fourth-order valence-electron chi connectivity index (χ4n) is 2.56. The van der Waals surface area contributed by atoms with Gasteiger partial charge in [0.25, 0.3) is 5.91 Å². The maximum atomic E-state index is 13.8. The van der Waals surface area contributed by atoms with Crippen LogP contribution in [0.2, 0.25) is 0 Å². The average molecular weight is 352 g/mol.